The van der Waals surface area contributed by atoms with E-state index in [0.717, 1.165) is 16.7 Å². The van der Waals surface area contributed by atoms with E-state index in [9.17, 15) is 10.1 Å². The average molecular weight is 273 g/mol. The van der Waals surface area contributed by atoms with Crippen LogP contribution in [-0.2, 0) is 6.42 Å². The van der Waals surface area contributed by atoms with E-state index in [0.29, 0.717) is 6.42 Å². The van der Waals surface area contributed by atoms with Crippen molar-refractivity contribution in [1.29, 1.82) is 0 Å². The third-order valence-electron chi connectivity index (χ3n) is 3.26. The molecule has 0 unspecified atom stereocenters. The highest BCUT2D eigenvalue weighted by Crippen LogP contribution is 2.27. The van der Waals surface area contributed by atoms with Crippen LogP contribution in [-0.4, -0.2) is 14.9 Å². The molecule has 1 heterocycles. The molecule has 104 valence electrons. The average Bonchev–Trinajstić information content (AvgIpc) is 2.33. The van der Waals surface area contributed by atoms with Crippen LogP contribution in [0.4, 0.5) is 17.5 Å². The minimum absolute atomic E-state index is 0.0617. The van der Waals surface area contributed by atoms with Crippen molar-refractivity contribution in [1.82, 2.24) is 9.97 Å². The smallest absolute Gasteiger partial charge is 0.332 e. The zero-order valence-electron chi connectivity index (χ0n) is 11.3. The first-order valence-corrected chi connectivity index (χ1v) is 6.01. The van der Waals surface area contributed by atoms with Gasteiger partial charge >= 0.3 is 5.69 Å². The van der Waals surface area contributed by atoms with Crippen LogP contribution in [0.2, 0.25) is 0 Å². The summed E-state index contributed by atoms with van der Waals surface area (Å²) >= 11 is 0. The van der Waals surface area contributed by atoms with Crippen molar-refractivity contribution < 1.29 is 4.92 Å². The Hall–Kier alpha value is -2.70. The highest BCUT2D eigenvalue weighted by Gasteiger charge is 2.22. The lowest BCUT2D eigenvalue weighted by atomic mass is 9.99. The second-order valence-corrected chi connectivity index (χ2v) is 4.56. The predicted molar refractivity (Wildman–Crippen MR) is 76.2 cm³/mol. The number of aromatic nitrogens is 2. The Bertz CT molecular complexity index is 685. The normalized spacial score (nSPS) is 10.5. The number of rotatable bonds is 3. The molecule has 0 atom stereocenters. The quantitative estimate of drug-likeness (QED) is 0.649. The summed E-state index contributed by atoms with van der Waals surface area (Å²) in [6.45, 7) is 3.94. The van der Waals surface area contributed by atoms with Gasteiger partial charge in [0.15, 0.2) is 0 Å². The summed E-state index contributed by atoms with van der Waals surface area (Å²) in [7, 11) is 0. The Morgan fingerprint density at radius 3 is 2.60 bits per heavy atom. The van der Waals surface area contributed by atoms with Crippen LogP contribution in [0.5, 0.6) is 0 Å². The van der Waals surface area contributed by atoms with Crippen LogP contribution in [0.15, 0.2) is 18.2 Å². The van der Waals surface area contributed by atoms with Gasteiger partial charge in [-0.05, 0) is 30.5 Å². The second kappa shape index (κ2) is 5.12. The first-order valence-electron chi connectivity index (χ1n) is 6.01. The van der Waals surface area contributed by atoms with Crippen LogP contribution in [0.1, 0.15) is 22.4 Å². The second-order valence-electron chi connectivity index (χ2n) is 4.56. The number of hydrogen-bond acceptors (Lipinski definition) is 6. The summed E-state index contributed by atoms with van der Waals surface area (Å²) in [5.74, 6) is -0.267. The van der Waals surface area contributed by atoms with Gasteiger partial charge in [-0.15, -0.1) is 0 Å². The molecule has 7 heteroatoms. The molecule has 0 fully saturated rings. The molecule has 4 N–H and O–H groups in total. The lowest BCUT2D eigenvalue weighted by molar-refractivity contribution is -0.385. The highest BCUT2D eigenvalue weighted by molar-refractivity contribution is 5.58. The molecule has 1 aromatic heterocycles. The molecule has 0 saturated heterocycles. The maximum absolute atomic E-state index is 11.1. The topological polar surface area (TPSA) is 121 Å². The molecule has 2 rings (SSSR count). The summed E-state index contributed by atoms with van der Waals surface area (Å²) in [4.78, 5) is 18.1. The van der Waals surface area contributed by atoms with E-state index in [4.69, 9.17) is 11.5 Å². The first-order chi connectivity index (χ1) is 9.40. The van der Waals surface area contributed by atoms with Gasteiger partial charge in [0.1, 0.15) is 5.69 Å². The van der Waals surface area contributed by atoms with E-state index >= 15 is 0 Å². The van der Waals surface area contributed by atoms with E-state index < -0.39 is 4.92 Å². The van der Waals surface area contributed by atoms with Gasteiger partial charge in [0.2, 0.25) is 11.8 Å². The Balaban J connectivity index is 2.53. The summed E-state index contributed by atoms with van der Waals surface area (Å²) < 4.78 is 0. The fraction of sp³-hybridized carbons (Fsp3) is 0.231. The molecule has 0 bridgehead atoms. The molecule has 7 nitrogen and oxygen atoms in total. The van der Waals surface area contributed by atoms with Crippen LogP contribution in [0, 0.1) is 24.0 Å². The minimum Gasteiger partial charge on any atom is -0.378 e. The zero-order valence-corrected chi connectivity index (χ0v) is 11.3. The van der Waals surface area contributed by atoms with Crippen LogP contribution in [0.3, 0.4) is 0 Å². The minimum atomic E-state index is -0.574. The number of nitro groups is 1. The monoisotopic (exact) mass is 273 g/mol. The van der Waals surface area contributed by atoms with Gasteiger partial charge in [0.25, 0.3) is 0 Å². The Labute approximate surface area is 115 Å². The molecule has 0 aliphatic carbocycles. The molecule has 0 amide bonds. The largest absolute Gasteiger partial charge is 0.378 e. The molecule has 0 aliphatic heterocycles. The fourth-order valence-electron chi connectivity index (χ4n) is 2.05. The first kappa shape index (κ1) is 13.7. The summed E-state index contributed by atoms with van der Waals surface area (Å²) in [5.41, 5.74) is 14.2. The van der Waals surface area contributed by atoms with Crippen molar-refractivity contribution in [2.24, 2.45) is 0 Å². The number of aryl methyl sites for hydroxylation is 1. The van der Waals surface area contributed by atoms with Crippen molar-refractivity contribution in [3.05, 3.63) is 50.7 Å². The zero-order chi connectivity index (χ0) is 14.9. The lowest BCUT2D eigenvalue weighted by Crippen LogP contribution is -2.09. The number of nitrogens with zero attached hydrogens (tertiary/aromatic N) is 3. The molecular formula is C13H15N5O2. The van der Waals surface area contributed by atoms with Crippen molar-refractivity contribution in [2.45, 2.75) is 20.3 Å². The van der Waals surface area contributed by atoms with Gasteiger partial charge < -0.3 is 11.5 Å². The van der Waals surface area contributed by atoms with Crippen molar-refractivity contribution >= 4 is 17.5 Å². The number of nitrogens with two attached hydrogens (primary N) is 2. The molecule has 0 spiro atoms. The van der Waals surface area contributed by atoms with E-state index in [2.05, 4.69) is 9.97 Å². The maximum atomic E-state index is 11.1. The van der Waals surface area contributed by atoms with Gasteiger partial charge in [-0.2, -0.15) is 4.98 Å². The number of benzene rings is 1. The summed E-state index contributed by atoms with van der Waals surface area (Å²) in [6.07, 6.45) is 0.292. The van der Waals surface area contributed by atoms with E-state index in [1.807, 2.05) is 32.0 Å². The summed E-state index contributed by atoms with van der Waals surface area (Å²) in [6, 6.07) is 5.79. The third-order valence-corrected chi connectivity index (χ3v) is 3.26. The van der Waals surface area contributed by atoms with Crippen molar-refractivity contribution in [2.75, 3.05) is 11.5 Å². The lowest BCUT2D eigenvalue weighted by Gasteiger charge is -2.09. The van der Waals surface area contributed by atoms with Gasteiger partial charge in [-0.3, -0.25) is 10.1 Å². The van der Waals surface area contributed by atoms with Crippen molar-refractivity contribution in [3.63, 3.8) is 0 Å². The Morgan fingerprint density at radius 1 is 1.25 bits per heavy atom. The van der Waals surface area contributed by atoms with E-state index in [1.54, 1.807) is 0 Å². The van der Waals surface area contributed by atoms with Crippen LogP contribution in [0.25, 0.3) is 0 Å². The number of anilines is 2. The van der Waals surface area contributed by atoms with Crippen LogP contribution < -0.4 is 11.5 Å². The molecular weight excluding hydrogens is 258 g/mol. The van der Waals surface area contributed by atoms with Gasteiger partial charge in [0.05, 0.1) is 4.92 Å². The van der Waals surface area contributed by atoms with Crippen molar-refractivity contribution in [3.8, 4) is 0 Å². The van der Waals surface area contributed by atoms with Gasteiger partial charge in [-0.25, -0.2) is 4.98 Å². The Kier molecular flexibility index (Phi) is 3.51. The predicted octanol–water partition coefficient (Wildman–Crippen LogP) is 1.76. The molecule has 20 heavy (non-hydrogen) atoms. The molecule has 0 radical (unpaired) electrons. The van der Waals surface area contributed by atoms with Gasteiger partial charge in [0, 0.05) is 6.42 Å². The Morgan fingerprint density at radius 2 is 1.95 bits per heavy atom. The standard InChI is InChI=1S/C13H15N5O2/c1-7-4-3-5-9(8(7)2)6-10-11(18(19)20)12(14)17-13(15)16-10/h3-5H,6H2,1-2H3,(H4,14,15,16,17). The molecule has 1 aromatic carbocycles. The fourth-order valence-corrected chi connectivity index (χ4v) is 2.05. The third kappa shape index (κ3) is 2.51. The SMILES string of the molecule is Cc1cccc(Cc2nc(N)nc(N)c2[N+](=O)[O-])c1C. The number of nitrogen functional groups attached to an aromatic ring is 2. The maximum Gasteiger partial charge on any atom is 0.332 e. The van der Waals surface area contributed by atoms with Crippen LogP contribution >= 0.6 is 0 Å². The summed E-state index contributed by atoms with van der Waals surface area (Å²) in [5, 5.41) is 11.1. The molecule has 0 aliphatic rings. The number of hydrogen-bond donors (Lipinski definition) is 2. The van der Waals surface area contributed by atoms with Gasteiger partial charge in [-0.1, -0.05) is 18.2 Å². The molecule has 0 saturated carbocycles. The van der Waals surface area contributed by atoms with E-state index in [1.165, 1.54) is 0 Å². The highest BCUT2D eigenvalue weighted by atomic mass is 16.6. The molecule has 2 aromatic rings. The van der Waals surface area contributed by atoms with E-state index in [-0.39, 0.29) is 23.1 Å².